The average molecular weight is 207 g/mol. The molecule has 0 radical (unpaired) electrons. The zero-order valence-corrected chi connectivity index (χ0v) is 9.07. The summed E-state index contributed by atoms with van der Waals surface area (Å²) in [7, 11) is 0. The van der Waals surface area contributed by atoms with Gasteiger partial charge in [-0.1, -0.05) is 13.0 Å². The standard InChI is InChI=1S/C11H17N3O/c1-3-5-6-7-15-11-8-9(12)13-10(4-2)14-11/h3,8H,1,4-7H2,2H3,(H2,12,13,14). The van der Waals surface area contributed by atoms with Crippen molar-refractivity contribution >= 4 is 5.82 Å². The van der Waals surface area contributed by atoms with Crippen LogP contribution in [0, 0.1) is 0 Å². The maximum atomic E-state index is 5.62. The fourth-order valence-electron chi connectivity index (χ4n) is 1.13. The zero-order valence-electron chi connectivity index (χ0n) is 9.07. The molecule has 1 heterocycles. The van der Waals surface area contributed by atoms with Crippen molar-refractivity contribution in [2.75, 3.05) is 12.3 Å². The van der Waals surface area contributed by atoms with Crippen LogP contribution < -0.4 is 10.5 Å². The average Bonchev–Trinajstić information content (AvgIpc) is 2.23. The number of aromatic nitrogens is 2. The molecular weight excluding hydrogens is 190 g/mol. The van der Waals surface area contributed by atoms with Gasteiger partial charge in [0.2, 0.25) is 5.88 Å². The molecule has 82 valence electrons. The molecule has 0 fully saturated rings. The third-order valence-electron chi connectivity index (χ3n) is 1.89. The fraction of sp³-hybridized carbons (Fsp3) is 0.455. The normalized spacial score (nSPS) is 9.93. The Bertz CT molecular complexity index is 326. The van der Waals surface area contributed by atoms with Crippen molar-refractivity contribution < 1.29 is 4.74 Å². The number of allylic oxidation sites excluding steroid dienone is 1. The minimum absolute atomic E-state index is 0.459. The fourth-order valence-corrected chi connectivity index (χ4v) is 1.13. The highest BCUT2D eigenvalue weighted by molar-refractivity contribution is 5.32. The summed E-state index contributed by atoms with van der Waals surface area (Å²) in [6.45, 7) is 6.26. The second-order valence-electron chi connectivity index (χ2n) is 3.18. The minimum Gasteiger partial charge on any atom is -0.478 e. The Morgan fingerprint density at radius 1 is 1.53 bits per heavy atom. The molecule has 15 heavy (non-hydrogen) atoms. The number of nitrogens with zero attached hydrogens (tertiary/aromatic N) is 2. The van der Waals surface area contributed by atoms with Crippen molar-refractivity contribution in [1.82, 2.24) is 9.97 Å². The van der Waals surface area contributed by atoms with E-state index in [-0.39, 0.29) is 0 Å². The van der Waals surface area contributed by atoms with Gasteiger partial charge in [-0.05, 0) is 12.8 Å². The van der Waals surface area contributed by atoms with Gasteiger partial charge in [-0.3, -0.25) is 0 Å². The Hall–Kier alpha value is -1.58. The van der Waals surface area contributed by atoms with Gasteiger partial charge in [-0.15, -0.1) is 6.58 Å². The largest absolute Gasteiger partial charge is 0.478 e. The van der Waals surface area contributed by atoms with Crippen LogP contribution in [-0.4, -0.2) is 16.6 Å². The summed E-state index contributed by atoms with van der Waals surface area (Å²) in [5.41, 5.74) is 5.62. The molecule has 0 aliphatic rings. The topological polar surface area (TPSA) is 61.0 Å². The molecule has 0 amide bonds. The second kappa shape index (κ2) is 6.01. The molecule has 0 aliphatic heterocycles. The van der Waals surface area contributed by atoms with Gasteiger partial charge < -0.3 is 10.5 Å². The summed E-state index contributed by atoms with van der Waals surface area (Å²) in [4.78, 5) is 8.28. The van der Waals surface area contributed by atoms with E-state index in [1.54, 1.807) is 6.07 Å². The van der Waals surface area contributed by atoms with E-state index in [1.807, 2.05) is 13.0 Å². The minimum atomic E-state index is 0.459. The number of aryl methyl sites for hydroxylation is 1. The van der Waals surface area contributed by atoms with Crippen molar-refractivity contribution in [1.29, 1.82) is 0 Å². The van der Waals surface area contributed by atoms with Crippen molar-refractivity contribution in [3.05, 3.63) is 24.5 Å². The van der Waals surface area contributed by atoms with E-state index in [0.717, 1.165) is 19.3 Å². The number of nitrogen functional groups attached to an aromatic ring is 1. The van der Waals surface area contributed by atoms with Crippen LogP contribution >= 0.6 is 0 Å². The lowest BCUT2D eigenvalue weighted by atomic mass is 10.3. The molecule has 0 atom stereocenters. The number of anilines is 1. The highest BCUT2D eigenvalue weighted by Gasteiger charge is 2.01. The van der Waals surface area contributed by atoms with Gasteiger partial charge in [0.25, 0.3) is 0 Å². The summed E-state index contributed by atoms with van der Waals surface area (Å²) >= 11 is 0. The van der Waals surface area contributed by atoms with Gasteiger partial charge in [0.05, 0.1) is 6.61 Å². The van der Waals surface area contributed by atoms with Crippen molar-refractivity contribution in [2.24, 2.45) is 0 Å². The summed E-state index contributed by atoms with van der Waals surface area (Å²) in [5, 5.41) is 0. The summed E-state index contributed by atoms with van der Waals surface area (Å²) in [5.74, 6) is 1.73. The molecule has 4 heteroatoms. The predicted molar refractivity (Wildman–Crippen MR) is 60.7 cm³/mol. The molecule has 0 spiro atoms. The molecule has 1 aromatic heterocycles. The number of ether oxygens (including phenoxy) is 1. The lowest BCUT2D eigenvalue weighted by molar-refractivity contribution is 0.299. The van der Waals surface area contributed by atoms with Crippen molar-refractivity contribution in [3.63, 3.8) is 0 Å². The molecule has 4 nitrogen and oxygen atoms in total. The van der Waals surface area contributed by atoms with E-state index in [0.29, 0.717) is 24.1 Å². The summed E-state index contributed by atoms with van der Waals surface area (Å²) < 4.78 is 5.45. The second-order valence-corrected chi connectivity index (χ2v) is 3.18. The highest BCUT2D eigenvalue weighted by Crippen LogP contribution is 2.11. The molecule has 0 aliphatic carbocycles. The first-order valence-corrected chi connectivity index (χ1v) is 5.13. The highest BCUT2D eigenvalue weighted by atomic mass is 16.5. The zero-order chi connectivity index (χ0) is 11.1. The third kappa shape index (κ3) is 3.97. The van der Waals surface area contributed by atoms with E-state index >= 15 is 0 Å². The summed E-state index contributed by atoms with van der Waals surface area (Å²) in [6, 6.07) is 1.65. The Kier molecular flexibility index (Phi) is 4.60. The van der Waals surface area contributed by atoms with Crippen LogP contribution in [0.2, 0.25) is 0 Å². The number of hydrogen-bond acceptors (Lipinski definition) is 4. The van der Waals surface area contributed by atoms with Crippen LogP contribution in [-0.2, 0) is 6.42 Å². The van der Waals surface area contributed by atoms with Gasteiger partial charge in [0.15, 0.2) is 0 Å². The number of nitrogens with two attached hydrogens (primary N) is 1. The lowest BCUT2D eigenvalue weighted by Gasteiger charge is -2.06. The first-order valence-electron chi connectivity index (χ1n) is 5.13. The van der Waals surface area contributed by atoms with Crippen LogP contribution in [0.15, 0.2) is 18.7 Å². The predicted octanol–water partition coefficient (Wildman–Crippen LogP) is 1.97. The first kappa shape index (κ1) is 11.5. The lowest BCUT2D eigenvalue weighted by Crippen LogP contribution is -2.04. The van der Waals surface area contributed by atoms with E-state index in [1.165, 1.54) is 0 Å². The number of unbranched alkanes of at least 4 members (excludes halogenated alkanes) is 1. The van der Waals surface area contributed by atoms with Gasteiger partial charge in [0.1, 0.15) is 11.6 Å². The van der Waals surface area contributed by atoms with E-state index in [4.69, 9.17) is 10.5 Å². The van der Waals surface area contributed by atoms with Gasteiger partial charge in [0, 0.05) is 12.5 Å². The van der Waals surface area contributed by atoms with Crippen LogP contribution in [0.1, 0.15) is 25.6 Å². The molecule has 0 saturated carbocycles. The molecule has 1 rings (SSSR count). The van der Waals surface area contributed by atoms with E-state index in [2.05, 4.69) is 16.5 Å². The molecular formula is C11H17N3O. The Labute approximate surface area is 90.2 Å². The van der Waals surface area contributed by atoms with Crippen LogP contribution in [0.5, 0.6) is 5.88 Å². The first-order chi connectivity index (χ1) is 7.26. The van der Waals surface area contributed by atoms with Crippen LogP contribution in [0.25, 0.3) is 0 Å². The maximum Gasteiger partial charge on any atom is 0.218 e. The number of rotatable bonds is 6. The van der Waals surface area contributed by atoms with Crippen molar-refractivity contribution in [3.8, 4) is 5.88 Å². The quantitative estimate of drug-likeness (QED) is 0.572. The Balaban J connectivity index is 2.52. The maximum absolute atomic E-state index is 5.62. The van der Waals surface area contributed by atoms with Gasteiger partial charge in [-0.2, -0.15) is 4.98 Å². The SMILES string of the molecule is C=CCCCOc1cc(N)nc(CC)n1. The van der Waals surface area contributed by atoms with Gasteiger partial charge in [-0.25, -0.2) is 4.98 Å². The van der Waals surface area contributed by atoms with Crippen LogP contribution in [0.4, 0.5) is 5.82 Å². The van der Waals surface area contributed by atoms with Crippen LogP contribution in [0.3, 0.4) is 0 Å². The third-order valence-corrected chi connectivity index (χ3v) is 1.89. The van der Waals surface area contributed by atoms with E-state index in [9.17, 15) is 0 Å². The van der Waals surface area contributed by atoms with E-state index < -0.39 is 0 Å². The molecule has 0 saturated heterocycles. The molecule has 1 aromatic rings. The summed E-state index contributed by atoms with van der Waals surface area (Å²) in [6.07, 6.45) is 4.51. The molecule has 0 unspecified atom stereocenters. The number of hydrogen-bond donors (Lipinski definition) is 1. The Morgan fingerprint density at radius 3 is 3.00 bits per heavy atom. The Morgan fingerprint density at radius 2 is 2.33 bits per heavy atom. The van der Waals surface area contributed by atoms with Gasteiger partial charge >= 0.3 is 0 Å². The van der Waals surface area contributed by atoms with Crippen molar-refractivity contribution in [2.45, 2.75) is 26.2 Å². The molecule has 0 aromatic carbocycles. The molecule has 0 bridgehead atoms. The molecule has 2 N–H and O–H groups in total. The smallest absolute Gasteiger partial charge is 0.218 e. The monoisotopic (exact) mass is 207 g/mol.